The van der Waals surface area contributed by atoms with Crippen molar-refractivity contribution in [1.82, 2.24) is 9.80 Å². The van der Waals surface area contributed by atoms with E-state index in [2.05, 4.69) is 29.2 Å². The minimum Gasteiger partial charge on any atom is -0.483 e. The lowest BCUT2D eigenvalue weighted by Crippen LogP contribution is -2.47. The van der Waals surface area contributed by atoms with Gasteiger partial charge in [-0.25, -0.2) is 0 Å². The Bertz CT molecular complexity index is 538. The van der Waals surface area contributed by atoms with Gasteiger partial charge in [-0.1, -0.05) is 6.42 Å². The van der Waals surface area contributed by atoms with E-state index < -0.39 is 0 Å². The molecule has 5 nitrogen and oxygen atoms in total. The Hall–Kier alpha value is -1.40. The van der Waals surface area contributed by atoms with Gasteiger partial charge in [-0.2, -0.15) is 0 Å². The van der Waals surface area contributed by atoms with Crippen LogP contribution >= 0.6 is 11.3 Å². The van der Waals surface area contributed by atoms with Crippen molar-refractivity contribution >= 4 is 23.7 Å². The van der Waals surface area contributed by atoms with Crippen molar-refractivity contribution in [2.75, 3.05) is 26.7 Å². The van der Waals surface area contributed by atoms with E-state index in [1.165, 1.54) is 44.2 Å². The van der Waals surface area contributed by atoms with E-state index in [1.807, 2.05) is 6.07 Å². The molecule has 24 heavy (non-hydrogen) atoms. The molecule has 3 heterocycles. The Morgan fingerprint density at radius 3 is 2.46 bits per heavy atom. The fourth-order valence-corrected chi connectivity index (χ4v) is 4.75. The average molecular weight is 353 g/mol. The second-order valence-corrected chi connectivity index (χ2v) is 7.68. The summed E-state index contributed by atoms with van der Waals surface area (Å²) in [6.45, 7) is 4.92. The molecule has 134 valence electrons. The number of likely N-dealkylation sites (tertiary alicyclic amines) is 2. The van der Waals surface area contributed by atoms with Gasteiger partial charge >= 0.3 is 0 Å². The highest BCUT2D eigenvalue weighted by atomic mass is 32.1. The SMILES string of the molecule is Cc1csc(C(=O)N2CCC(C3CCCCN3C)CC2)c1.O=CO. The lowest BCUT2D eigenvalue weighted by molar-refractivity contribution is -0.122. The molecule has 1 aromatic rings. The highest BCUT2D eigenvalue weighted by molar-refractivity contribution is 7.12. The highest BCUT2D eigenvalue weighted by Crippen LogP contribution is 2.30. The van der Waals surface area contributed by atoms with Gasteiger partial charge in [0.25, 0.3) is 12.4 Å². The first-order valence-electron chi connectivity index (χ1n) is 8.69. The van der Waals surface area contributed by atoms with Crippen LogP contribution in [0.2, 0.25) is 0 Å². The van der Waals surface area contributed by atoms with Crippen LogP contribution < -0.4 is 0 Å². The first-order chi connectivity index (χ1) is 11.6. The van der Waals surface area contributed by atoms with Gasteiger partial charge in [0.15, 0.2) is 0 Å². The topological polar surface area (TPSA) is 60.9 Å². The van der Waals surface area contributed by atoms with Crippen molar-refractivity contribution in [3.8, 4) is 0 Å². The molecule has 2 aliphatic heterocycles. The summed E-state index contributed by atoms with van der Waals surface area (Å²) in [5.41, 5.74) is 1.20. The van der Waals surface area contributed by atoms with Crippen LogP contribution in [0.3, 0.4) is 0 Å². The number of hydrogen-bond donors (Lipinski definition) is 1. The Balaban J connectivity index is 0.000000647. The fraction of sp³-hybridized carbons (Fsp3) is 0.667. The van der Waals surface area contributed by atoms with Crippen molar-refractivity contribution in [2.45, 2.75) is 45.1 Å². The zero-order valence-electron chi connectivity index (χ0n) is 14.6. The Labute approximate surface area is 148 Å². The fourth-order valence-electron chi connectivity index (χ4n) is 3.88. The first kappa shape index (κ1) is 18.9. The van der Waals surface area contributed by atoms with Crippen molar-refractivity contribution in [1.29, 1.82) is 0 Å². The molecule has 1 aromatic heterocycles. The molecule has 0 aliphatic carbocycles. The van der Waals surface area contributed by atoms with Crippen LogP contribution in [-0.4, -0.2) is 60.0 Å². The minimum absolute atomic E-state index is 0.239. The lowest BCUT2D eigenvalue weighted by atomic mass is 9.84. The number of carboxylic acid groups (broad SMARTS) is 1. The normalized spacial score (nSPS) is 22.6. The number of piperidine rings is 2. The molecule has 0 bridgehead atoms. The van der Waals surface area contributed by atoms with Gasteiger partial charge in [0.1, 0.15) is 0 Å². The van der Waals surface area contributed by atoms with Gasteiger partial charge in [0.05, 0.1) is 4.88 Å². The molecule has 1 N–H and O–H groups in total. The molecule has 3 rings (SSSR count). The number of rotatable bonds is 2. The molecular weight excluding hydrogens is 324 g/mol. The van der Waals surface area contributed by atoms with E-state index in [9.17, 15) is 4.79 Å². The average Bonchev–Trinajstić information content (AvgIpc) is 3.02. The second-order valence-electron chi connectivity index (χ2n) is 6.77. The molecule has 1 unspecified atom stereocenters. The molecule has 2 fully saturated rings. The lowest BCUT2D eigenvalue weighted by Gasteiger charge is -2.42. The van der Waals surface area contributed by atoms with Crippen LogP contribution in [0.4, 0.5) is 0 Å². The second kappa shape index (κ2) is 9.18. The smallest absolute Gasteiger partial charge is 0.290 e. The van der Waals surface area contributed by atoms with Crippen LogP contribution in [0, 0.1) is 12.8 Å². The summed E-state index contributed by atoms with van der Waals surface area (Å²) in [4.78, 5) is 26.4. The van der Waals surface area contributed by atoms with Crippen molar-refractivity contribution in [2.24, 2.45) is 5.92 Å². The number of nitrogens with zero attached hydrogens (tertiary/aromatic N) is 2. The van der Waals surface area contributed by atoms with Crippen molar-refractivity contribution < 1.29 is 14.7 Å². The molecule has 0 saturated carbocycles. The molecule has 0 radical (unpaired) electrons. The van der Waals surface area contributed by atoms with E-state index in [0.29, 0.717) is 0 Å². The highest BCUT2D eigenvalue weighted by Gasteiger charge is 2.32. The van der Waals surface area contributed by atoms with Gasteiger partial charge in [-0.05, 0) is 69.1 Å². The third-order valence-corrected chi connectivity index (χ3v) is 6.18. The maximum absolute atomic E-state index is 12.5. The number of carbonyl (C=O) groups excluding carboxylic acids is 1. The van der Waals surface area contributed by atoms with E-state index in [-0.39, 0.29) is 12.4 Å². The van der Waals surface area contributed by atoms with Crippen LogP contribution in [0.1, 0.15) is 47.3 Å². The maximum Gasteiger partial charge on any atom is 0.290 e. The number of aryl methyl sites for hydroxylation is 1. The van der Waals surface area contributed by atoms with Gasteiger partial charge in [0, 0.05) is 19.1 Å². The Kier molecular flexibility index (Phi) is 7.24. The van der Waals surface area contributed by atoms with Crippen LogP contribution in [0.25, 0.3) is 0 Å². The van der Waals surface area contributed by atoms with E-state index >= 15 is 0 Å². The number of hydrogen-bond acceptors (Lipinski definition) is 4. The van der Waals surface area contributed by atoms with Crippen LogP contribution in [0.15, 0.2) is 11.4 Å². The molecule has 1 amide bonds. The largest absolute Gasteiger partial charge is 0.483 e. The number of carbonyl (C=O) groups is 2. The molecule has 2 aliphatic rings. The summed E-state index contributed by atoms with van der Waals surface area (Å²) in [5.74, 6) is 1.02. The predicted octanol–water partition coefficient (Wildman–Crippen LogP) is 3.09. The summed E-state index contributed by atoms with van der Waals surface area (Å²) in [6.07, 6.45) is 6.42. The summed E-state index contributed by atoms with van der Waals surface area (Å²) in [5, 5.41) is 8.96. The van der Waals surface area contributed by atoms with Crippen molar-refractivity contribution in [3.05, 3.63) is 21.9 Å². The monoisotopic (exact) mass is 352 g/mol. The molecule has 2 saturated heterocycles. The zero-order valence-corrected chi connectivity index (χ0v) is 15.4. The van der Waals surface area contributed by atoms with Gasteiger partial charge in [0.2, 0.25) is 0 Å². The van der Waals surface area contributed by atoms with E-state index in [1.54, 1.807) is 11.3 Å². The van der Waals surface area contributed by atoms with E-state index in [0.717, 1.165) is 29.9 Å². The Morgan fingerprint density at radius 1 is 1.25 bits per heavy atom. The van der Waals surface area contributed by atoms with Crippen molar-refractivity contribution in [3.63, 3.8) is 0 Å². The maximum atomic E-state index is 12.5. The zero-order chi connectivity index (χ0) is 17.5. The van der Waals surface area contributed by atoms with Gasteiger partial charge in [-0.3, -0.25) is 9.59 Å². The number of thiophene rings is 1. The van der Waals surface area contributed by atoms with E-state index in [4.69, 9.17) is 9.90 Å². The molecule has 6 heteroatoms. The third kappa shape index (κ3) is 4.80. The summed E-state index contributed by atoms with van der Waals surface area (Å²) >= 11 is 1.58. The first-order valence-corrected chi connectivity index (χ1v) is 9.57. The predicted molar refractivity (Wildman–Crippen MR) is 96.6 cm³/mol. The molecule has 0 spiro atoms. The van der Waals surface area contributed by atoms with Gasteiger partial charge < -0.3 is 14.9 Å². The molecular formula is C18H28N2O3S. The summed E-state index contributed by atoms with van der Waals surface area (Å²) in [6, 6.07) is 2.77. The molecule has 0 aromatic carbocycles. The minimum atomic E-state index is -0.250. The standard InChI is InChI=1S/C17H26N2OS.CH2O2/c1-13-11-16(21-12-13)17(20)19-9-6-14(7-10-19)15-5-3-4-8-18(15)2;2-1-3/h11-12,14-15H,3-10H2,1-2H3;1H,(H,2,3). The van der Waals surface area contributed by atoms with Crippen LogP contribution in [0.5, 0.6) is 0 Å². The quantitative estimate of drug-likeness (QED) is 0.831. The van der Waals surface area contributed by atoms with Gasteiger partial charge in [-0.15, -0.1) is 11.3 Å². The number of amides is 1. The molecule has 1 atom stereocenters. The summed E-state index contributed by atoms with van der Waals surface area (Å²) < 4.78 is 0. The Morgan fingerprint density at radius 2 is 1.92 bits per heavy atom. The summed E-state index contributed by atoms with van der Waals surface area (Å²) in [7, 11) is 2.27. The third-order valence-electron chi connectivity index (χ3n) is 5.14. The van der Waals surface area contributed by atoms with Crippen LogP contribution in [-0.2, 0) is 4.79 Å².